The van der Waals surface area contributed by atoms with Crippen molar-refractivity contribution in [2.75, 3.05) is 11.5 Å². The summed E-state index contributed by atoms with van der Waals surface area (Å²) in [6.45, 7) is 3.22. The van der Waals surface area contributed by atoms with Gasteiger partial charge in [0, 0.05) is 11.7 Å². The van der Waals surface area contributed by atoms with Crippen molar-refractivity contribution in [3.05, 3.63) is 22.5 Å². The molecule has 116 valence electrons. The van der Waals surface area contributed by atoms with E-state index < -0.39 is 15.8 Å². The van der Waals surface area contributed by atoms with Gasteiger partial charge in [0.2, 0.25) is 0 Å². The van der Waals surface area contributed by atoms with Gasteiger partial charge >= 0.3 is 5.97 Å². The highest BCUT2D eigenvalue weighted by Crippen LogP contribution is 2.19. The molecule has 0 aromatic carbocycles. The van der Waals surface area contributed by atoms with E-state index in [1.165, 1.54) is 0 Å². The lowest BCUT2D eigenvalue weighted by Crippen LogP contribution is -2.41. The number of sulfone groups is 1. The van der Waals surface area contributed by atoms with Crippen LogP contribution in [0.3, 0.4) is 0 Å². The second kappa shape index (κ2) is 5.51. The van der Waals surface area contributed by atoms with Crippen LogP contribution >= 0.6 is 0 Å². The Hall–Kier alpha value is -1.83. The lowest BCUT2D eigenvalue weighted by atomic mass is 10.1. The molecule has 21 heavy (non-hydrogen) atoms. The van der Waals surface area contributed by atoms with Crippen LogP contribution in [0, 0.1) is 13.8 Å². The SMILES string of the molecule is Cc1[nH]c(C(=O)O)c(C)c1C(=O)NC1CCS(=O)(=O)CC1. The summed E-state index contributed by atoms with van der Waals surface area (Å²) in [6, 6.07) is -0.192. The third-order valence-electron chi connectivity index (χ3n) is 3.77. The van der Waals surface area contributed by atoms with Gasteiger partial charge in [-0.05, 0) is 32.3 Å². The molecule has 0 saturated carbocycles. The van der Waals surface area contributed by atoms with E-state index in [1.54, 1.807) is 13.8 Å². The van der Waals surface area contributed by atoms with Crippen molar-refractivity contribution >= 4 is 21.7 Å². The first kappa shape index (κ1) is 15.6. The van der Waals surface area contributed by atoms with E-state index in [0.717, 1.165) is 0 Å². The highest BCUT2D eigenvalue weighted by atomic mass is 32.2. The van der Waals surface area contributed by atoms with Crippen LogP contribution in [0.4, 0.5) is 0 Å². The van der Waals surface area contributed by atoms with Crippen LogP contribution in [0.1, 0.15) is 44.9 Å². The third kappa shape index (κ3) is 3.26. The van der Waals surface area contributed by atoms with Crippen molar-refractivity contribution in [2.24, 2.45) is 0 Å². The number of hydrogen-bond acceptors (Lipinski definition) is 4. The molecule has 1 amide bonds. The Bertz CT molecular complexity index is 676. The summed E-state index contributed by atoms with van der Waals surface area (Å²) in [5.74, 6) is -1.33. The molecule has 1 saturated heterocycles. The zero-order valence-electron chi connectivity index (χ0n) is 11.9. The van der Waals surface area contributed by atoms with Crippen LogP contribution < -0.4 is 5.32 Å². The minimum Gasteiger partial charge on any atom is -0.477 e. The largest absolute Gasteiger partial charge is 0.477 e. The molecule has 0 radical (unpaired) electrons. The molecule has 0 aliphatic carbocycles. The van der Waals surface area contributed by atoms with Crippen molar-refractivity contribution in [3.63, 3.8) is 0 Å². The van der Waals surface area contributed by atoms with Crippen molar-refractivity contribution in [1.29, 1.82) is 0 Å². The summed E-state index contributed by atoms with van der Waals surface area (Å²) >= 11 is 0. The standard InChI is InChI=1S/C13H18N2O5S/c1-7-10(8(2)14-11(7)13(17)18)12(16)15-9-3-5-21(19,20)6-4-9/h9,14H,3-6H2,1-2H3,(H,15,16)(H,17,18). The lowest BCUT2D eigenvalue weighted by molar-refractivity contribution is 0.0690. The number of carbonyl (C=O) groups excluding carboxylic acids is 1. The van der Waals surface area contributed by atoms with Gasteiger partial charge in [0.15, 0.2) is 0 Å². The number of H-pyrrole nitrogens is 1. The van der Waals surface area contributed by atoms with Gasteiger partial charge in [-0.25, -0.2) is 13.2 Å². The van der Waals surface area contributed by atoms with E-state index >= 15 is 0 Å². The number of aromatic amines is 1. The summed E-state index contributed by atoms with van der Waals surface area (Å²) in [7, 11) is -2.97. The minimum atomic E-state index is -2.97. The Kier molecular flexibility index (Phi) is 4.08. The highest BCUT2D eigenvalue weighted by Gasteiger charge is 2.27. The molecule has 0 spiro atoms. The quantitative estimate of drug-likeness (QED) is 0.757. The maximum absolute atomic E-state index is 12.3. The molecular weight excluding hydrogens is 296 g/mol. The summed E-state index contributed by atoms with van der Waals surface area (Å²) in [5, 5.41) is 11.8. The number of aryl methyl sites for hydroxylation is 1. The molecular formula is C13H18N2O5S. The summed E-state index contributed by atoms with van der Waals surface area (Å²) in [4.78, 5) is 26.0. The molecule has 0 bridgehead atoms. The molecule has 0 atom stereocenters. The van der Waals surface area contributed by atoms with Crippen LogP contribution in [0.15, 0.2) is 0 Å². The number of carboxylic acid groups (broad SMARTS) is 1. The number of carbonyl (C=O) groups is 2. The summed E-state index contributed by atoms with van der Waals surface area (Å²) < 4.78 is 22.7. The molecule has 1 aliphatic rings. The number of nitrogens with one attached hydrogen (secondary N) is 2. The van der Waals surface area contributed by atoms with Crippen LogP contribution in [-0.2, 0) is 9.84 Å². The number of aromatic nitrogens is 1. The molecule has 1 aliphatic heterocycles. The fourth-order valence-corrected chi connectivity index (χ4v) is 4.09. The smallest absolute Gasteiger partial charge is 0.352 e. The van der Waals surface area contributed by atoms with E-state index in [9.17, 15) is 18.0 Å². The average Bonchev–Trinajstić information content (AvgIpc) is 2.67. The van der Waals surface area contributed by atoms with E-state index in [0.29, 0.717) is 29.7 Å². The van der Waals surface area contributed by atoms with Crippen molar-refractivity contribution in [3.8, 4) is 0 Å². The number of rotatable bonds is 3. The summed E-state index contributed by atoms with van der Waals surface area (Å²) in [6.07, 6.45) is 0.782. The van der Waals surface area contributed by atoms with Gasteiger partial charge in [0.1, 0.15) is 15.5 Å². The maximum atomic E-state index is 12.3. The van der Waals surface area contributed by atoms with E-state index in [2.05, 4.69) is 10.3 Å². The first-order valence-electron chi connectivity index (χ1n) is 6.65. The van der Waals surface area contributed by atoms with Crippen LogP contribution in [-0.4, -0.2) is 47.9 Å². The van der Waals surface area contributed by atoms with Gasteiger partial charge in [-0.15, -0.1) is 0 Å². The monoisotopic (exact) mass is 314 g/mol. The van der Waals surface area contributed by atoms with Gasteiger partial charge in [0.25, 0.3) is 5.91 Å². The van der Waals surface area contributed by atoms with Gasteiger partial charge in [-0.3, -0.25) is 4.79 Å². The molecule has 2 rings (SSSR count). The Balaban J connectivity index is 2.13. The molecule has 2 heterocycles. The van der Waals surface area contributed by atoms with Crippen LogP contribution in [0.2, 0.25) is 0 Å². The Morgan fingerprint density at radius 2 is 1.81 bits per heavy atom. The second-order valence-electron chi connectivity index (χ2n) is 5.33. The Morgan fingerprint density at radius 1 is 1.24 bits per heavy atom. The molecule has 1 aromatic rings. The van der Waals surface area contributed by atoms with Gasteiger partial charge in [0.05, 0.1) is 17.1 Å². The Morgan fingerprint density at radius 3 is 2.29 bits per heavy atom. The van der Waals surface area contributed by atoms with Crippen molar-refractivity contribution in [2.45, 2.75) is 32.7 Å². The number of amides is 1. The third-order valence-corrected chi connectivity index (χ3v) is 5.48. The Labute approximate surface area is 122 Å². The van der Waals surface area contributed by atoms with Gasteiger partial charge in [-0.1, -0.05) is 0 Å². The van der Waals surface area contributed by atoms with E-state index in [-0.39, 0.29) is 29.1 Å². The van der Waals surface area contributed by atoms with Crippen LogP contribution in [0.25, 0.3) is 0 Å². The second-order valence-corrected chi connectivity index (χ2v) is 7.63. The van der Waals surface area contributed by atoms with Crippen molar-refractivity contribution < 1.29 is 23.1 Å². The predicted molar refractivity (Wildman–Crippen MR) is 76.4 cm³/mol. The molecule has 0 unspecified atom stereocenters. The molecule has 1 fully saturated rings. The average molecular weight is 314 g/mol. The van der Waals surface area contributed by atoms with E-state index in [1.807, 2.05) is 0 Å². The van der Waals surface area contributed by atoms with Gasteiger partial charge in [-0.2, -0.15) is 0 Å². The zero-order valence-corrected chi connectivity index (χ0v) is 12.7. The number of aromatic carboxylic acids is 1. The predicted octanol–water partition coefficient (Wildman–Crippen LogP) is 0.637. The van der Waals surface area contributed by atoms with E-state index in [4.69, 9.17) is 5.11 Å². The van der Waals surface area contributed by atoms with Crippen molar-refractivity contribution in [1.82, 2.24) is 10.3 Å². The zero-order chi connectivity index (χ0) is 15.8. The topological polar surface area (TPSA) is 116 Å². The fraction of sp³-hybridized carbons (Fsp3) is 0.538. The highest BCUT2D eigenvalue weighted by molar-refractivity contribution is 7.91. The molecule has 3 N–H and O–H groups in total. The fourth-order valence-electron chi connectivity index (χ4n) is 2.60. The lowest BCUT2D eigenvalue weighted by Gasteiger charge is -2.23. The number of hydrogen-bond donors (Lipinski definition) is 3. The summed E-state index contributed by atoms with van der Waals surface area (Å²) in [5.41, 5.74) is 1.21. The number of carboxylic acids is 1. The van der Waals surface area contributed by atoms with Crippen LogP contribution in [0.5, 0.6) is 0 Å². The normalized spacial score (nSPS) is 18.4. The first-order valence-corrected chi connectivity index (χ1v) is 8.47. The maximum Gasteiger partial charge on any atom is 0.352 e. The first-order chi connectivity index (χ1) is 9.71. The van der Waals surface area contributed by atoms with Gasteiger partial charge < -0.3 is 15.4 Å². The molecule has 8 heteroatoms. The minimum absolute atomic E-state index is 0.00359. The molecule has 7 nitrogen and oxygen atoms in total. The molecule has 1 aromatic heterocycles.